The zero-order valence-corrected chi connectivity index (χ0v) is 12.7. The van der Waals surface area contributed by atoms with Gasteiger partial charge in [0.15, 0.2) is 11.5 Å². The van der Waals surface area contributed by atoms with E-state index in [0.29, 0.717) is 34.9 Å². The number of methoxy groups -OCH3 is 2. The summed E-state index contributed by atoms with van der Waals surface area (Å²) in [5.41, 5.74) is 0.170. The smallest absolute Gasteiger partial charge is 0.296 e. The van der Waals surface area contributed by atoms with Gasteiger partial charge in [0.25, 0.3) is 5.69 Å². The molecule has 2 aromatic rings. The van der Waals surface area contributed by atoms with Crippen LogP contribution in [0, 0.1) is 10.1 Å². The topological polar surface area (TPSA) is 113 Å². The second-order valence-electron chi connectivity index (χ2n) is 5.14. The molecule has 9 nitrogen and oxygen atoms in total. The van der Waals surface area contributed by atoms with Crippen LogP contribution in [-0.2, 0) is 6.54 Å². The van der Waals surface area contributed by atoms with Gasteiger partial charge in [0, 0.05) is 12.0 Å². The molecule has 122 valence electrons. The van der Waals surface area contributed by atoms with Crippen molar-refractivity contribution in [3.63, 3.8) is 0 Å². The van der Waals surface area contributed by atoms with Crippen molar-refractivity contribution in [1.29, 1.82) is 0 Å². The summed E-state index contributed by atoms with van der Waals surface area (Å²) in [6, 6.07) is 2.82. The molecule has 1 heterocycles. The summed E-state index contributed by atoms with van der Waals surface area (Å²) in [5, 5.41) is 22.1. The Labute approximate surface area is 131 Å². The summed E-state index contributed by atoms with van der Waals surface area (Å²) >= 11 is 0. The van der Waals surface area contributed by atoms with Crippen molar-refractivity contribution in [1.82, 2.24) is 10.2 Å². The van der Waals surface area contributed by atoms with Crippen LogP contribution in [0.1, 0.15) is 30.5 Å². The van der Waals surface area contributed by atoms with Crippen molar-refractivity contribution in [2.45, 2.75) is 25.3 Å². The lowest BCUT2D eigenvalue weighted by Gasteiger charge is -2.11. The van der Waals surface area contributed by atoms with Crippen molar-refractivity contribution < 1.29 is 18.8 Å². The largest absolute Gasteiger partial charge is 0.493 e. The van der Waals surface area contributed by atoms with Crippen LogP contribution in [0.4, 0.5) is 11.4 Å². The first kappa shape index (κ1) is 15.1. The Balaban J connectivity index is 1.80. The fourth-order valence-electron chi connectivity index (χ4n) is 2.17. The quantitative estimate of drug-likeness (QED) is 0.611. The molecular formula is C14H16N4O5. The van der Waals surface area contributed by atoms with Gasteiger partial charge in [-0.05, 0) is 12.8 Å². The standard InChI is InChI=1S/C14H16N4O5/c1-21-11-5-9(10(18(19)20)6-12(11)22-2)15-7-13-16-17-14(23-13)8-3-4-8/h5-6,8,15H,3-4,7H2,1-2H3. The Bertz CT molecular complexity index is 726. The van der Waals surface area contributed by atoms with E-state index < -0.39 is 4.92 Å². The molecule has 3 rings (SSSR count). The lowest BCUT2D eigenvalue weighted by Crippen LogP contribution is -2.04. The van der Waals surface area contributed by atoms with Gasteiger partial charge in [-0.1, -0.05) is 0 Å². The lowest BCUT2D eigenvalue weighted by molar-refractivity contribution is -0.384. The van der Waals surface area contributed by atoms with Crippen molar-refractivity contribution in [3.8, 4) is 11.5 Å². The second kappa shape index (κ2) is 6.11. The van der Waals surface area contributed by atoms with Crippen LogP contribution in [0.3, 0.4) is 0 Å². The molecule has 1 aromatic heterocycles. The summed E-state index contributed by atoms with van der Waals surface area (Å²) in [4.78, 5) is 10.7. The third kappa shape index (κ3) is 3.17. The Morgan fingerprint density at radius 3 is 2.61 bits per heavy atom. The zero-order valence-electron chi connectivity index (χ0n) is 12.7. The van der Waals surface area contributed by atoms with Crippen LogP contribution in [0.25, 0.3) is 0 Å². The molecule has 1 saturated carbocycles. The minimum absolute atomic E-state index is 0.121. The number of nitrogens with one attached hydrogen (secondary N) is 1. The van der Waals surface area contributed by atoms with Crippen LogP contribution in [-0.4, -0.2) is 29.3 Å². The molecule has 0 unspecified atom stereocenters. The average Bonchev–Trinajstić information content (AvgIpc) is 3.30. The van der Waals surface area contributed by atoms with Crippen molar-refractivity contribution in [3.05, 3.63) is 34.0 Å². The SMILES string of the molecule is COc1cc(NCc2nnc(C3CC3)o2)c([N+](=O)[O-])cc1OC. The number of anilines is 1. The van der Waals surface area contributed by atoms with E-state index in [1.54, 1.807) is 0 Å². The van der Waals surface area contributed by atoms with Crippen LogP contribution in [0.5, 0.6) is 11.5 Å². The van der Waals surface area contributed by atoms with Crippen molar-refractivity contribution in [2.75, 3.05) is 19.5 Å². The molecule has 0 radical (unpaired) electrons. The predicted molar refractivity (Wildman–Crippen MR) is 79.8 cm³/mol. The van der Waals surface area contributed by atoms with E-state index in [-0.39, 0.29) is 12.2 Å². The first-order chi connectivity index (χ1) is 11.1. The molecule has 0 bridgehead atoms. The second-order valence-corrected chi connectivity index (χ2v) is 5.14. The fraction of sp³-hybridized carbons (Fsp3) is 0.429. The first-order valence-electron chi connectivity index (χ1n) is 7.09. The van der Waals surface area contributed by atoms with Crippen LogP contribution in [0.15, 0.2) is 16.5 Å². The first-order valence-corrected chi connectivity index (χ1v) is 7.09. The number of ether oxygens (including phenoxy) is 2. The zero-order chi connectivity index (χ0) is 16.4. The van der Waals surface area contributed by atoms with Gasteiger partial charge >= 0.3 is 0 Å². The minimum Gasteiger partial charge on any atom is -0.493 e. The predicted octanol–water partition coefficient (Wildman–Crippen LogP) is 2.48. The van der Waals surface area contributed by atoms with Crippen LogP contribution < -0.4 is 14.8 Å². The number of nitro groups is 1. The Morgan fingerprint density at radius 2 is 2.00 bits per heavy atom. The van der Waals surface area contributed by atoms with Crippen molar-refractivity contribution in [2.24, 2.45) is 0 Å². The molecule has 1 fully saturated rings. The number of hydrogen-bond acceptors (Lipinski definition) is 8. The van der Waals surface area contributed by atoms with Gasteiger partial charge in [0.05, 0.1) is 31.8 Å². The molecule has 0 saturated heterocycles. The average molecular weight is 320 g/mol. The summed E-state index contributed by atoms with van der Waals surface area (Å²) < 4.78 is 15.8. The monoisotopic (exact) mass is 320 g/mol. The Hall–Kier alpha value is -2.84. The van der Waals surface area contributed by atoms with Crippen LogP contribution >= 0.6 is 0 Å². The van der Waals surface area contributed by atoms with Gasteiger partial charge in [0.2, 0.25) is 11.8 Å². The van der Waals surface area contributed by atoms with Crippen molar-refractivity contribution >= 4 is 11.4 Å². The Morgan fingerprint density at radius 1 is 1.30 bits per heavy atom. The van der Waals surface area contributed by atoms with E-state index in [4.69, 9.17) is 13.9 Å². The number of nitro benzene ring substituents is 1. The summed E-state index contributed by atoms with van der Waals surface area (Å²) in [5.74, 6) is 2.06. The highest BCUT2D eigenvalue weighted by atomic mass is 16.6. The number of nitrogens with zero attached hydrogens (tertiary/aromatic N) is 3. The maximum Gasteiger partial charge on any atom is 0.296 e. The summed E-state index contributed by atoms with van der Waals surface area (Å²) in [6.45, 7) is 0.191. The molecule has 0 spiro atoms. The van der Waals surface area contributed by atoms with Gasteiger partial charge in [-0.2, -0.15) is 0 Å². The molecule has 0 amide bonds. The molecule has 1 N–H and O–H groups in total. The highest BCUT2D eigenvalue weighted by molar-refractivity contribution is 5.68. The minimum atomic E-state index is -0.492. The third-order valence-corrected chi connectivity index (χ3v) is 3.54. The van der Waals surface area contributed by atoms with Gasteiger partial charge in [-0.3, -0.25) is 10.1 Å². The van der Waals surface area contributed by atoms with E-state index in [1.165, 1.54) is 26.4 Å². The highest BCUT2D eigenvalue weighted by Crippen LogP contribution is 2.39. The van der Waals surface area contributed by atoms with Gasteiger partial charge in [-0.25, -0.2) is 0 Å². The number of benzene rings is 1. The number of hydrogen-bond donors (Lipinski definition) is 1. The summed E-state index contributed by atoms with van der Waals surface area (Å²) in [6.07, 6.45) is 2.13. The lowest BCUT2D eigenvalue weighted by atomic mass is 10.2. The number of rotatable bonds is 7. The molecule has 1 aromatic carbocycles. The maximum atomic E-state index is 11.2. The highest BCUT2D eigenvalue weighted by Gasteiger charge is 2.29. The van der Waals surface area contributed by atoms with Gasteiger partial charge in [-0.15, -0.1) is 10.2 Å². The Kier molecular flexibility index (Phi) is 4.00. The normalized spacial score (nSPS) is 13.7. The van der Waals surface area contributed by atoms with Crippen LogP contribution in [0.2, 0.25) is 0 Å². The molecule has 0 aliphatic heterocycles. The van der Waals surface area contributed by atoms with E-state index in [0.717, 1.165) is 12.8 Å². The molecule has 1 aliphatic rings. The summed E-state index contributed by atoms with van der Waals surface area (Å²) in [7, 11) is 2.89. The molecule has 0 atom stereocenters. The molecule has 23 heavy (non-hydrogen) atoms. The maximum absolute atomic E-state index is 11.2. The molecule has 9 heteroatoms. The van der Waals surface area contributed by atoms with E-state index in [9.17, 15) is 10.1 Å². The number of aromatic nitrogens is 2. The van der Waals surface area contributed by atoms with Gasteiger partial charge in [0.1, 0.15) is 5.69 Å². The van der Waals surface area contributed by atoms with E-state index in [1.807, 2.05) is 0 Å². The van der Waals surface area contributed by atoms with Gasteiger partial charge < -0.3 is 19.2 Å². The molecular weight excluding hydrogens is 304 g/mol. The molecule has 1 aliphatic carbocycles. The van der Waals surface area contributed by atoms with E-state index >= 15 is 0 Å². The van der Waals surface area contributed by atoms with E-state index in [2.05, 4.69) is 15.5 Å². The fourth-order valence-corrected chi connectivity index (χ4v) is 2.17. The third-order valence-electron chi connectivity index (χ3n) is 3.54.